The third-order valence-corrected chi connectivity index (χ3v) is 2.90. The molecule has 5 heteroatoms. The van der Waals surface area contributed by atoms with Gasteiger partial charge in [-0.25, -0.2) is 4.98 Å². The first-order chi connectivity index (χ1) is 8.81. The Bertz CT molecular complexity index is 498. The summed E-state index contributed by atoms with van der Waals surface area (Å²) in [7, 11) is 1.68. The quantitative estimate of drug-likeness (QED) is 0.789. The summed E-state index contributed by atoms with van der Waals surface area (Å²) in [5.41, 5.74) is 1.90. The Morgan fingerprint density at radius 3 is 3.00 bits per heavy atom. The van der Waals surface area contributed by atoms with E-state index in [9.17, 15) is 0 Å². The number of benzene rings is 1. The fourth-order valence-electron chi connectivity index (χ4n) is 1.65. The number of ether oxygens (including phenoxy) is 1. The van der Waals surface area contributed by atoms with Crippen molar-refractivity contribution < 1.29 is 4.74 Å². The number of nitrogens with zero attached hydrogens (tertiary/aromatic N) is 1. The van der Waals surface area contributed by atoms with Gasteiger partial charge < -0.3 is 15.0 Å². The van der Waals surface area contributed by atoms with Gasteiger partial charge >= 0.3 is 0 Å². The van der Waals surface area contributed by atoms with Crippen molar-refractivity contribution >= 4 is 11.6 Å². The van der Waals surface area contributed by atoms with Gasteiger partial charge in [-0.3, -0.25) is 0 Å². The van der Waals surface area contributed by atoms with E-state index in [2.05, 4.69) is 15.3 Å². The Morgan fingerprint density at radius 1 is 1.39 bits per heavy atom. The lowest BCUT2D eigenvalue weighted by Gasteiger charge is -2.02. The first-order valence-electron chi connectivity index (χ1n) is 5.79. The lowest BCUT2D eigenvalue weighted by atomic mass is 10.2. The lowest BCUT2D eigenvalue weighted by Crippen LogP contribution is -2.19. The molecule has 0 aliphatic heterocycles. The molecule has 0 unspecified atom stereocenters. The van der Waals surface area contributed by atoms with Gasteiger partial charge in [-0.05, 0) is 6.07 Å². The molecule has 18 heavy (non-hydrogen) atoms. The van der Waals surface area contributed by atoms with Crippen molar-refractivity contribution in [3.8, 4) is 11.3 Å². The smallest absolute Gasteiger partial charge is 0.120 e. The lowest BCUT2D eigenvalue weighted by molar-refractivity contribution is 0.199. The Morgan fingerprint density at radius 2 is 2.22 bits per heavy atom. The van der Waals surface area contributed by atoms with Crippen molar-refractivity contribution in [1.82, 2.24) is 15.3 Å². The molecule has 0 bridgehead atoms. The number of H-pyrrole nitrogens is 1. The predicted molar refractivity (Wildman–Crippen MR) is 72.6 cm³/mol. The van der Waals surface area contributed by atoms with Crippen LogP contribution in [0.4, 0.5) is 0 Å². The highest BCUT2D eigenvalue weighted by Gasteiger charge is 2.06. The largest absolute Gasteiger partial charge is 0.383 e. The summed E-state index contributed by atoms with van der Waals surface area (Å²) < 4.78 is 4.96. The summed E-state index contributed by atoms with van der Waals surface area (Å²) in [5, 5.41) is 3.95. The molecule has 0 atom stereocenters. The second-order valence-corrected chi connectivity index (χ2v) is 4.30. The third-order valence-electron chi connectivity index (χ3n) is 2.57. The number of hydrogen-bond donors (Lipinski definition) is 2. The Labute approximate surface area is 111 Å². The minimum Gasteiger partial charge on any atom is -0.383 e. The molecular formula is C13H16ClN3O. The average molecular weight is 266 g/mol. The second-order valence-electron chi connectivity index (χ2n) is 3.89. The van der Waals surface area contributed by atoms with E-state index in [1.165, 1.54) is 0 Å². The number of rotatable bonds is 6. The Kier molecular flexibility index (Phi) is 4.75. The molecule has 4 nitrogen and oxygen atoms in total. The van der Waals surface area contributed by atoms with Crippen LogP contribution in [0.15, 0.2) is 30.5 Å². The number of hydrogen-bond acceptors (Lipinski definition) is 3. The Hall–Kier alpha value is -1.36. The minimum absolute atomic E-state index is 0.688. The molecule has 2 aromatic rings. The Balaban J connectivity index is 2.00. The summed E-state index contributed by atoms with van der Waals surface area (Å²) >= 11 is 6.13. The minimum atomic E-state index is 0.688. The SMILES string of the molecule is COCCNCc1ncc(-c2ccccc2Cl)[nH]1. The first kappa shape index (κ1) is 13.1. The topological polar surface area (TPSA) is 49.9 Å². The molecule has 1 heterocycles. The van der Waals surface area contributed by atoms with Crippen LogP contribution >= 0.6 is 11.6 Å². The van der Waals surface area contributed by atoms with E-state index in [1.807, 2.05) is 24.3 Å². The molecule has 0 fully saturated rings. The van der Waals surface area contributed by atoms with Crippen LogP contribution in [-0.2, 0) is 11.3 Å². The van der Waals surface area contributed by atoms with Gasteiger partial charge in [-0.1, -0.05) is 29.8 Å². The molecule has 0 aliphatic rings. The fourth-order valence-corrected chi connectivity index (χ4v) is 1.89. The molecule has 0 saturated heterocycles. The van der Waals surface area contributed by atoms with Gasteiger partial charge in [-0.2, -0.15) is 0 Å². The van der Waals surface area contributed by atoms with Crippen LogP contribution in [0, 0.1) is 0 Å². The summed E-state index contributed by atoms with van der Waals surface area (Å²) in [6, 6.07) is 7.71. The van der Waals surface area contributed by atoms with Crippen molar-refractivity contribution in [3.63, 3.8) is 0 Å². The summed E-state index contributed by atoms with van der Waals surface area (Å²) in [5.74, 6) is 0.890. The molecule has 2 rings (SSSR count). The average Bonchev–Trinajstić information content (AvgIpc) is 2.84. The van der Waals surface area contributed by atoms with Gasteiger partial charge in [0.05, 0.1) is 25.0 Å². The van der Waals surface area contributed by atoms with Crippen LogP contribution in [0.25, 0.3) is 11.3 Å². The number of methoxy groups -OCH3 is 1. The zero-order valence-electron chi connectivity index (χ0n) is 10.2. The highest BCUT2D eigenvalue weighted by Crippen LogP contribution is 2.25. The molecule has 0 spiro atoms. The third kappa shape index (κ3) is 3.32. The number of aromatic nitrogens is 2. The zero-order chi connectivity index (χ0) is 12.8. The van der Waals surface area contributed by atoms with Crippen molar-refractivity contribution in [1.29, 1.82) is 0 Å². The van der Waals surface area contributed by atoms with Crippen LogP contribution < -0.4 is 5.32 Å². The molecule has 1 aromatic carbocycles. The summed E-state index contributed by atoms with van der Waals surface area (Å²) in [6.07, 6.45) is 1.80. The molecule has 1 aromatic heterocycles. The van der Waals surface area contributed by atoms with Crippen molar-refractivity contribution in [2.45, 2.75) is 6.54 Å². The maximum absolute atomic E-state index is 6.13. The van der Waals surface area contributed by atoms with Crippen LogP contribution in [0.2, 0.25) is 5.02 Å². The summed E-state index contributed by atoms with van der Waals surface area (Å²) in [4.78, 5) is 7.56. The highest BCUT2D eigenvalue weighted by atomic mass is 35.5. The summed E-state index contributed by atoms with van der Waals surface area (Å²) in [6.45, 7) is 2.19. The first-order valence-corrected chi connectivity index (χ1v) is 6.17. The standard InChI is InChI=1S/C13H16ClN3O/c1-18-7-6-15-9-13-16-8-12(17-13)10-4-2-3-5-11(10)14/h2-5,8,15H,6-7,9H2,1H3,(H,16,17). The fraction of sp³-hybridized carbons (Fsp3) is 0.308. The van der Waals surface area contributed by atoms with E-state index in [-0.39, 0.29) is 0 Å². The zero-order valence-corrected chi connectivity index (χ0v) is 11.0. The van der Waals surface area contributed by atoms with Gasteiger partial charge in [-0.15, -0.1) is 0 Å². The maximum atomic E-state index is 6.13. The van der Waals surface area contributed by atoms with Crippen molar-refractivity contribution in [2.24, 2.45) is 0 Å². The van der Waals surface area contributed by atoms with Gasteiger partial charge in [0.25, 0.3) is 0 Å². The van der Waals surface area contributed by atoms with Crippen LogP contribution in [-0.4, -0.2) is 30.2 Å². The molecule has 0 saturated carbocycles. The number of aromatic amines is 1. The van der Waals surface area contributed by atoms with Crippen molar-refractivity contribution in [3.05, 3.63) is 41.3 Å². The van der Waals surface area contributed by atoms with E-state index in [0.29, 0.717) is 13.2 Å². The molecule has 2 N–H and O–H groups in total. The molecule has 0 aliphatic carbocycles. The van der Waals surface area contributed by atoms with Crippen LogP contribution in [0.3, 0.4) is 0 Å². The normalized spacial score (nSPS) is 10.8. The molecule has 96 valence electrons. The second kappa shape index (κ2) is 6.54. The predicted octanol–water partition coefficient (Wildman–Crippen LogP) is 2.47. The van der Waals surface area contributed by atoms with Gasteiger partial charge in [0, 0.05) is 24.2 Å². The molecule has 0 radical (unpaired) electrons. The van der Waals surface area contributed by atoms with Crippen molar-refractivity contribution in [2.75, 3.05) is 20.3 Å². The number of nitrogens with one attached hydrogen (secondary N) is 2. The molecule has 0 amide bonds. The van der Waals surface area contributed by atoms with E-state index in [4.69, 9.17) is 16.3 Å². The van der Waals surface area contributed by atoms with E-state index < -0.39 is 0 Å². The highest BCUT2D eigenvalue weighted by molar-refractivity contribution is 6.33. The van der Waals surface area contributed by atoms with E-state index in [1.54, 1.807) is 13.3 Å². The van der Waals surface area contributed by atoms with Crippen LogP contribution in [0.5, 0.6) is 0 Å². The number of halogens is 1. The molecular weight excluding hydrogens is 250 g/mol. The van der Waals surface area contributed by atoms with E-state index >= 15 is 0 Å². The van der Waals surface area contributed by atoms with E-state index in [0.717, 1.165) is 28.6 Å². The van der Waals surface area contributed by atoms with Gasteiger partial charge in [0.15, 0.2) is 0 Å². The maximum Gasteiger partial charge on any atom is 0.120 e. The number of imidazole rings is 1. The van der Waals surface area contributed by atoms with Gasteiger partial charge in [0.1, 0.15) is 5.82 Å². The van der Waals surface area contributed by atoms with Gasteiger partial charge in [0.2, 0.25) is 0 Å². The monoisotopic (exact) mass is 265 g/mol. The van der Waals surface area contributed by atoms with Crippen LogP contribution in [0.1, 0.15) is 5.82 Å².